The van der Waals surface area contributed by atoms with E-state index < -0.39 is 5.97 Å². The largest absolute Gasteiger partial charge is 0.492 e. The van der Waals surface area contributed by atoms with E-state index in [1.807, 2.05) is 62.4 Å². The molecule has 1 N–H and O–H groups in total. The van der Waals surface area contributed by atoms with Gasteiger partial charge in [-0.1, -0.05) is 29.3 Å². The molecule has 0 bridgehead atoms. The third-order valence-electron chi connectivity index (χ3n) is 7.48. The summed E-state index contributed by atoms with van der Waals surface area (Å²) in [5.41, 5.74) is 6.18. The molecule has 0 amide bonds. The first kappa shape index (κ1) is 28.6. The zero-order valence-corrected chi connectivity index (χ0v) is 24.9. The number of hydrogen-bond acceptors (Lipinski definition) is 8. The number of benzene rings is 4. The number of aromatic nitrogens is 3. The standard InChI is InChI=1S/C34H32ClN5O3/c1-22-5-7-24(8-6-22)33(41)43-28-13-14-30(35)29(21-28)25-19-23(2)32-31(20-25)38-39-34(37-32)36-26-9-11-27(12-10-26)42-18-17-40-15-3-4-16-40/h5-14,19-21H,3-4,15-18H2,1-2H3,(H,36,37,39). The highest BCUT2D eigenvalue weighted by Crippen LogP contribution is 2.34. The van der Waals surface area contributed by atoms with Crippen molar-refractivity contribution < 1.29 is 14.3 Å². The van der Waals surface area contributed by atoms with Crippen LogP contribution in [0.2, 0.25) is 5.02 Å². The molecule has 1 saturated heterocycles. The van der Waals surface area contributed by atoms with Crippen molar-refractivity contribution in [1.82, 2.24) is 20.1 Å². The second-order valence-electron chi connectivity index (χ2n) is 10.7. The maximum atomic E-state index is 12.7. The van der Waals surface area contributed by atoms with Gasteiger partial charge in [0.25, 0.3) is 0 Å². The molecule has 0 aliphatic carbocycles. The number of hydrogen-bond donors (Lipinski definition) is 1. The first-order valence-electron chi connectivity index (χ1n) is 14.4. The summed E-state index contributed by atoms with van der Waals surface area (Å²) in [7, 11) is 0. The van der Waals surface area contributed by atoms with Gasteiger partial charge in [-0.3, -0.25) is 4.90 Å². The van der Waals surface area contributed by atoms with Crippen LogP contribution in [0.3, 0.4) is 0 Å². The number of fused-ring (bicyclic) bond motifs is 1. The SMILES string of the molecule is Cc1ccc(C(=O)Oc2ccc(Cl)c(-c3cc(C)c4nc(Nc5ccc(OCCN6CCCC6)cc5)nnc4c3)c2)cc1. The van der Waals surface area contributed by atoms with Gasteiger partial charge < -0.3 is 14.8 Å². The van der Waals surface area contributed by atoms with Crippen LogP contribution in [0, 0.1) is 13.8 Å². The lowest BCUT2D eigenvalue weighted by atomic mass is 10.0. The molecule has 0 radical (unpaired) electrons. The van der Waals surface area contributed by atoms with E-state index in [2.05, 4.69) is 20.4 Å². The average molecular weight is 594 g/mol. The van der Waals surface area contributed by atoms with E-state index in [0.29, 0.717) is 40.0 Å². The molecule has 0 unspecified atom stereocenters. The molecule has 1 fully saturated rings. The highest BCUT2D eigenvalue weighted by Gasteiger charge is 2.14. The number of halogens is 1. The van der Waals surface area contributed by atoms with Crippen molar-refractivity contribution in [3.63, 3.8) is 0 Å². The van der Waals surface area contributed by atoms with Crippen molar-refractivity contribution in [2.24, 2.45) is 0 Å². The zero-order chi connectivity index (χ0) is 29.8. The van der Waals surface area contributed by atoms with Gasteiger partial charge >= 0.3 is 5.97 Å². The molecule has 43 heavy (non-hydrogen) atoms. The van der Waals surface area contributed by atoms with Gasteiger partial charge in [0.05, 0.1) is 11.1 Å². The van der Waals surface area contributed by atoms with Crippen LogP contribution >= 0.6 is 11.6 Å². The number of carbonyl (C=O) groups is 1. The van der Waals surface area contributed by atoms with Crippen LogP contribution in [0.25, 0.3) is 22.2 Å². The van der Waals surface area contributed by atoms with Gasteiger partial charge in [-0.25, -0.2) is 9.78 Å². The highest BCUT2D eigenvalue weighted by atomic mass is 35.5. The number of esters is 1. The topological polar surface area (TPSA) is 89.5 Å². The second kappa shape index (κ2) is 12.8. The van der Waals surface area contributed by atoms with E-state index in [4.69, 9.17) is 26.1 Å². The van der Waals surface area contributed by atoms with Crippen molar-refractivity contribution in [1.29, 1.82) is 0 Å². The quantitative estimate of drug-likeness (QED) is 0.140. The lowest BCUT2D eigenvalue weighted by Crippen LogP contribution is -2.25. The van der Waals surface area contributed by atoms with Crippen LogP contribution in [0.4, 0.5) is 11.6 Å². The minimum absolute atomic E-state index is 0.397. The van der Waals surface area contributed by atoms with Crippen LogP contribution in [0.5, 0.6) is 11.5 Å². The summed E-state index contributed by atoms with van der Waals surface area (Å²) in [5.74, 6) is 1.19. The molecule has 6 rings (SSSR count). The van der Waals surface area contributed by atoms with Crippen molar-refractivity contribution in [2.75, 3.05) is 31.6 Å². The maximum Gasteiger partial charge on any atom is 0.343 e. The number of carbonyl (C=O) groups excluding carboxylic acids is 1. The Morgan fingerprint density at radius 3 is 2.42 bits per heavy atom. The summed E-state index contributed by atoms with van der Waals surface area (Å²) in [4.78, 5) is 19.8. The predicted molar refractivity (Wildman–Crippen MR) is 170 cm³/mol. The van der Waals surface area contributed by atoms with Crippen LogP contribution in [-0.2, 0) is 0 Å². The van der Waals surface area contributed by atoms with E-state index in [1.165, 1.54) is 25.9 Å². The van der Waals surface area contributed by atoms with Crippen molar-refractivity contribution in [2.45, 2.75) is 26.7 Å². The maximum absolute atomic E-state index is 12.7. The predicted octanol–water partition coefficient (Wildman–Crippen LogP) is 7.40. The summed E-state index contributed by atoms with van der Waals surface area (Å²) in [6, 6.07) is 24.0. The highest BCUT2D eigenvalue weighted by molar-refractivity contribution is 6.33. The van der Waals surface area contributed by atoms with Crippen LogP contribution in [0.15, 0.2) is 78.9 Å². The normalized spacial score (nSPS) is 13.3. The first-order valence-corrected chi connectivity index (χ1v) is 14.8. The van der Waals surface area contributed by atoms with Gasteiger partial charge in [0.15, 0.2) is 0 Å². The van der Waals surface area contributed by atoms with Gasteiger partial charge in [0.1, 0.15) is 23.6 Å². The Morgan fingerprint density at radius 2 is 1.65 bits per heavy atom. The molecule has 0 spiro atoms. The summed E-state index contributed by atoms with van der Waals surface area (Å²) >= 11 is 6.58. The number of nitrogens with one attached hydrogen (secondary N) is 1. The number of anilines is 2. The van der Waals surface area contributed by atoms with Gasteiger partial charge in [-0.2, -0.15) is 0 Å². The van der Waals surface area contributed by atoms with Crippen molar-refractivity contribution in [3.05, 3.63) is 101 Å². The lowest BCUT2D eigenvalue weighted by molar-refractivity contribution is 0.0735. The van der Waals surface area contributed by atoms with E-state index in [1.54, 1.807) is 30.3 Å². The van der Waals surface area contributed by atoms with Gasteiger partial charge in [0.2, 0.25) is 5.95 Å². The molecule has 4 aromatic carbocycles. The molecule has 5 aromatic rings. The third kappa shape index (κ3) is 6.93. The Bertz CT molecular complexity index is 1750. The van der Waals surface area contributed by atoms with E-state index in [9.17, 15) is 4.79 Å². The number of rotatable bonds is 9. The Balaban J connectivity index is 1.15. The number of nitrogens with zero attached hydrogens (tertiary/aromatic N) is 4. The molecule has 0 atom stereocenters. The second-order valence-corrected chi connectivity index (χ2v) is 11.1. The van der Waals surface area contributed by atoms with Gasteiger partial charge in [-0.05, 0) is 118 Å². The van der Waals surface area contributed by atoms with Crippen LogP contribution in [-0.4, -0.2) is 52.3 Å². The average Bonchev–Trinajstić information content (AvgIpc) is 3.53. The molecule has 218 valence electrons. The molecular formula is C34H32ClN5O3. The number of likely N-dealkylation sites (tertiary alicyclic amines) is 1. The molecule has 1 aliphatic heterocycles. The summed E-state index contributed by atoms with van der Waals surface area (Å²) in [6.45, 7) is 7.90. The first-order chi connectivity index (χ1) is 20.9. The Morgan fingerprint density at radius 1 is 0.907 bits per heavy atom. The van der Waals surface area contributed by atoms with E-state index in [0.717, 1.165) is 40.2 Å². The summed E-state index contributed by atoms with van der Waals surface area (Å²) in [6.07, 6.45) is 2.56. The fourth-order valence-corrected chi connectivity index (χ4v) is 5.35. The molecule has 0 saturated carbocycles. The van der Waals surface area contributed by atoms with E-state index >= 15 is 0 Å². The fourth-order valence-electron chi connectivity index (χ4n) is 5.13. The van der Waals surface area contributed by atoms with Crippen LogP contribution in [0.1, 0.15) is 34.3 Å². The minimum atomic E-state index is -0.433. The summed E-state index contributed by atoms with van der Waals surface area (Å²) in [5, 5.41) is 12.5. The van der Waals surface area contributed by atoms with Crippen molar-refractivity contribution in [3.8, 4) is 22.6 Å². The smallest absolute Gasteiger partial charge is 0.343 e. The molecule has 1 aromatic heterocycles. The van der Waals surface area contributed by atoms with E-state index in [-0.39, 0.29) is 0 Å². The Kier molecular flexibility index (Phi) is 8.49. The van der Waals surface area contributed by atoms with Crippen molar-refractivity contribution >= 4 is 40.2 Å². The van der Waals surface area contributed by atoms with Crippen LogP contribution < -0.4 is 14.8 Å². The molecule has 2 heterocycles. The molecule has 8 nitrogen and oxygen atoms in total. The molecule has 1 aliphatic rings. The third-order valence-corrected chi connectivity index (χ3v) is 7.81. The van der Waals surface area contributed by atoms with Gasteiger partial charge in [-0.15, -0.1) is 10.2 Å². The number of aryl methyl sites for hydroxylation is 2. The molecular weight excluding hydrogens is 562 g/mol. The Hall–Kier alpha value is -4.53. The molecule has 9 heteroatoms. The number of ether oxygens (including phenoxy) is 2. The van der Waals surface area contributed by atoms with Gasteiger partial charge in [0, 0.05) is 22.8 Å². The Labute approximate surface area is 255 Å². The summed E-state index contributed by atoms with van der Waals surface area (Å²) < 4.78 is 11.5. The minimum Gasteiger partial charge on any atom is -0.492 e. The fraction of sp³-hybridized carbons (Fsp3) is 0.235. The zero-order valence-electron chi connectivity index (χ0n) is 24.1. The lowest BCUT2D eigenvalue weighted by Gasteiger charge is -2.15. The monoisotopic (exact) mass is 593 g/mol.